The lowest BCUT2D eigenvalue weighted by Crippen LogP contribution is -2.28. The molecule has 1 saturated heterocycles. The monoisotopic (exact) mass is 392 g/mol. The zero-order valence-corrected chi connectivity index (χ0v) is 16.5. The number of hydrogen-bond acceptors (Lipinski definition) is 5. The first-order valence-corrected chi connectivity index (χ1v) is 9.58. The molecule has 3 rings (SSSR count). The molecule has 5 nitrogen and oxygen atoms in total. The van der Waals surface area contributed by atoms with E-state index in [4.69, 9.17) is 0 Å². The second-order valence-electron chi connectivity index (χ2n) is 6.39. The highest BCUT2D eigenvalue weighted by atomic mass is 35.5. The Bertz CT molecular complexity index is 708. The molecular weight excluding hydrogens is 368 g/mol. The fourth-order valence-electron chi connectivity index (χ4n) is 3.00. The number of anilines is 1. The van der Waals surface area contributed by atoms with Crippen molar-refractivity contribution in [1.82, 2.24) is 15.3 Å². The Morgan fingerprint density at radius 2 is 2.00 bits per heavy atom. The van der Waals surface area contributed by atoms with Crippen LogP contribution in [0.25, 0.3) is 0 Å². The SMILES string of the molecule is Cc1cc(Sc2ncccn2)ccc1NC(=O)CCC1CCNCC1.Cl. The summed E-state index contributed by atoms with van der Waals surface area (Å²) in [5.41, 5.74) is 1.93. The maximum atomic E-state index is 12.2. The van der Waals surface area contributed by atoms with E-state index in [9.17, 15) is 4.79 Å². The lowest BCUT2D eigenvalue weighted by molar-refractivity contribution is -0.116. The summed E-state index contributed by atoms with van der Waals surface area (Å²) in [6, 6.07) is 7.82. The number of piperidine rings is 1. The predicted octanol–water partition coefficient (Wildman–Crippen LogP) is 4.08. The van der Waals surface area contributed by atoms with E-state index in [0.717, 1.165) is 40.8 Å². The highest BCUT2D eigenvalue weighted by Crippen LogP contribution is 2.28. The van der Waals surface area contributed by atoms with Crippen molar-refractivity contribution in [1.29, 1.82) is 0 Å². The van der Waals surface area contributed by atoms with Gasteiger partial charge in [0.2, 0.25) is 5.91 Å². The van der Waals surface area contributed by atoms with Crippen molar-refractivity contribution in [2.45, 2.75) is 42.7 Å². The fraction of sp³-hybridized carbons (Fsp3) is 0.421. The smallest absolute Gasteiger partial charge is 0.224 e. The van der Waals surface area contributed by atoms with E-state index < -0.39 is 0 Å². The summed E-state index contributed by atoms with van der Waals surface area (Å²) in [5.74, 6) is 0.783. The number of nitrogens with zero attached hydrogens (tertiary/aromatic N) is 2. The third-order valence-corrected chi connectivity index (χ3v) is 5.34. The molecule has 140 valence electrons. The molecule has 26 heavy (non-hydrogen) atoms. The van der Waals surface area contributed by atoms with Crippen LogP contribution in [0, 0.1) is 12.8 Å². The van der Waals surface area contributed by atoms with Crippen LogP contribution in [0.15, 0.2) is 46.7 Å². The van der Waals surface area contributed by atoms with Crippen molar-refractivity contribution in [3.8, 4) is 0 Å². The molecule has 0 spiro atoms. The van der Waals surface area contributed by atoms with E-state index >= 15 is 0 Å². The largest absolute Gasteiger partial charge is 0.326 e. The van der Waals surface area contributed by atoms with Gasteiger partial charge in [0.15, 0.2) is 5.16 Å². The minimum absolute atomic E-state index is 0. The molecule has 1 aliphatic rings. The molecular formula is C19H25ClN4OS. The molecule has 0 saturated carbocycles. The van der Waals surface area contributed by atoms with Gasteiger partial charge in [0.1, 0.15) is 0 Å². The van der Waals surface area contributed by atoms with Crippen molar-refractivity contribution in [3.63, 3.8) is 0 Å². The molecule has 0 unspecified atom stereocenters. The first-order valence-electron chi connectivity index (χ1n) is 8.77. The standard InChI is InChI=1S/C19H24N4OS.ClH/c1-14-13-16(25-19-21-9-2-10-22-19)4-5-17(14)23-18(24)6-3-15-7-11-20-12-8-15;/h2,4-5,9-10,13,15,20H,3,6-8,11-12H2,1H3,(H,23,24);1H. The molecule has 2 aromatic rings. The van der Waals surface area contributed by atoms with Crippen molar-refractivity contribution in [3.05, 3.63) is 42.2 Å². The van der Waals surface area contributed by atoms with Crippen LogP contribution in [0.1, 0.15) is 31.2 Å². The second kappa shape index (κ2) is 10.5. The number of amides is 1. The summed E-state index contributed by atoms with van der Waals surface area (Å²) in [6.07, 6.45) is 7.40. The highest BCUT2D eigenvalue weighted by Gasteiger charge is 2.15. The molecule has 1 aliphatic heterocycles. The Morgan fingerprint density at radius 1 is 1.27 bits per heavy atom. The number of aromatic nitrogens is 2. The highest BCUT2D eigenvalue weighted by molar-refractivity contribution is 7.99. The summed E-state index contributed by atoms with van der Waals surface area (Å²) in [4.78, 5) is 21.7. The number of carbonyl (C=O) groups excluding carboxylic acids is 1. The zero-order valence-electron chi connectivity index (χ0n) is 14.9. The lowest BCUT2D eigenvalue weighted by Gasteiger charge is -2.22. The quantitative estimate of drug-likeness (QED) is 0.725. The topological polar surface area (TPSA) is 66.9 Å². The maximum Gasteiger partial charge on any atom is 0.224 e. The fourth-order valence-corrected chi connectivity index (χ4v) is 3.81. The van der Waals surface area contributed by atoms with Crippen LogP contribution in [0.5, 0.6) is 0 Å². The van der Waals surface area contributed by atoms with Crippen LogP contribution in [0.3, 0.4) is 0 Å². The molecule has 7 heteroatoms. The minimum atomic E-state index is 0. The molecule has 1 aromatic carbocycles. The van der Waals surface area contributed by atoms with Crippen LogP contribution < -0.4 is 10.6 Å². The van der Waals surface area contributed by atoms with Gasteiger partial charge in [0.25, 0.3) is 0 Å². The molecule has 2 N–H and O–H groups in total. The number of rotatable bonds is 6. The molecule has 2 heterocycles. The summed E-state index contributed by atoms with van der Waals surface area (Å²) in [5, 5.41) is 7.13. The molecule has 1 fully saturated rings. The first-order chi connectivity index (χ1) is 12.2. The number of hydrogen-bond donors (Lipinski definition) is 2. The number of carbonyl (C=O) groups is 1. The lowest BCUT2D eigenvalue weighted by atomic mass is 9.93. The summed E-state index contributed by atoms with van der Waals surface area (Å²) < 4.78 is 0. The van der Waals surface area contributed by atoms with Crippen molar-refractivity contribution >= 4 is 35.8 Å². The van der Waals surface area contributed by atoms with Gasteiger partial charge >= 0.3 is 0 Å². The van der Waals surface area contributed by atoms with E-state index in [-0.39, 0.29) is 18.3 Å². The van der Waals surface area contributed by atoms with Gasteiger partial charge < -0.3 is 10.6 Å². The Morgan fingerprint density at radius 3 is 2.69 bits per heavy atom. The second-order valence-corrected chi connectivity index (χ2v) is 7.43. The van der Waals surface area contributed by atoms with E-state index in [1.807, 2.05) is 19.1 Å². The van der Waals surface area contributed by atoms with Crippen LogP contribution >= 0.6 is 24.2 Å². The zero-order chi connectivity index (χ0) is 17.5. The Labute approximate surface area is 165 Å². The van der Waals surface area contributed by atoms with Crippen LogP contribution in [-0.4, -0.2) is 29.0 Å². The number of nitrogens with one attached hydrogen (secondary N) is 2. The van der Waals surface area contributed by atoms with Crippen LogP contribution in [0.2, 0.25) is 0 Å². The normalized spacial score (nSPS) is 14.5. The van der Waals surface area contributed by atoms with Crippen molar-refractivity contribution in [2.75, 3.05) is 18.4 Å². The average Bonchev–Trinajstić information content (AvgIpc) is 2.64. The van der Waals surface area contributed by atoms with Gasteiger partial charge in [-0.15, -0.1) is 12.4 Å². The average molecular weight is 393 g/mol. The summed E-state index contributed by atoms with van der Waals surface area (Å²) >= 11 is 1.52. The van der Waals surface area contributed by atoms with E-state index in [1.54, 1.807) is 18.5 Å². The molecule has 0 aliphatic carbocycles. The van der Waals surface area contributed by atoms with E-state index in [2.05, 4.69) is 26.7 Å². The Kier molecular flexibility index (Phi) is 8.35. The molecule has 0 atom stereocenters. The van der Waals surface area contributed by atoms with Gasteiger partial charge in [-0.3, -0.25) is 4.79 Å². The minimum Gasteiger partial charge on any atom is -0.326 e. The predicted molar refractivity (Wildman–Crippen MR) is 108 cm³/mol. The van der Waals surface area contributed by atoms with Gasteiger partial charge in [0, 0.05) is 29.4 Å². The number of halogens is 1. The van der Waals surface area contributed by atoms with Gasteiger partial charge in [-0.25, -0.2) is 9.97 Å². The van der Waals surface area contributed by atoms with Crippen LogP contribution in [-0.2, 0) is 4.79 Å². The Hall–Kier alpha value is -1.63. The van der Waals surface area contributed by atoms with Gasteiger partial charge in [-0.2, -0.15) is 0 Å². The van der Waals surface area contributed by atoms with Gasteiger partial charge in [-0.1, -0.05) is 0 Å². The van der Waals surface area contributed by atoms with E-state index in [0.29, 0.717) is 12.3 Å². The van der Waals surface area contributed by atoms with Crippen molar-refractivity contribution < 1.29 is 4.79 Å². The van der Waals surface area contributed by atoms with Crippen molar-refractivity contribution in [2.24, 2.45) is 5.92 Å². The molecule has 0 radical (unpaired) electrons. The maximum absolute atomic E-state index is 12.2. The Balaban J connectivity index is 0.00000243. The van der Waals surface area contributed by atoms with Crippen LogP contribution in [0.4, 0.5) is 5.69 Å². The van der Waals surface area contributed by atoms with Gasteiger partial charge in [0.05, 0.1) is 0 Å². The molecule has 1 aromatic heterocycles. The summed E-state index contributed by atoms with van der Waals surface area (Å²) in [6.45, 7) is 4.17. The number of benzene rings is 1. The molecule has 1 amide bonds. The first kappa shape index (κ1) is 20.7. The molecule has 0 bridgehead atoms. The summed E-state index contributed by atoms with van der Waals surface area (Å²) in [7, 11) is 0. The van der Waals surface area contributed by atoms with Gasteiger partial charge in [-0.05, 0) is 86.8 Å². The number of aryl methyl sites for hydroxylation is 1. The van der Waals surface area contributed by atoms with E-state index in [1.165, 1.54) is 24.6 Å². The third-order valence-electron chi connectivity index (χ3n) is 4.46. The third kappa shape index (κ3) is 6.27.